The summed E-state index contributed by atoms with van der Waals surface area (Å²) >= 11 is 1.68. The maximum atomic E-state index is 5.39. The number of rotatable bonds is 4. The zero-order chi connectivity index (χ0) is 18.8. The van der Waals surface area contributed by atoms with E-state index in [2.05, 4.69) is 46.0 Å². The summed E-state index contributed by atoms with van der Waals surface area (Å²) in [5.74, 6) is 2.60. The standard InChI is InChI=1S/C21H21N3O2S/c1-23-19-11-10-17(26-3)13-18(19)22-21-20(27-23)5-4-12-24(21)14-15-6-8-16(25-2)9-7-15/h4-13H,14H2,1-3H3. The Kier molecular flexibility index (Phi) is 4.73. The van der Waals surface area contributed by atoms with Gasteiger partial charge < -0.3 is 14.0 Å². The average Bonchev–Trinajstić information content (AvgIpc) is 2.84. The second kappa shape index (κ2) is 7.32. The Balaban J connectivity index is 1.86. The van der Waals surface area contributed by atoms with Crippen LogP contribution in [-0.2, 0) is 13.6 Å². The number of hydrogen-bond acceptors (Lipinski definition) is 4. The van der Waals surface area contributed by atoms with Crippen molar-refractivity contribution >= 4 is 22.6 Å². The van der Waals surface area contributed by atoms with Gasteiger partial charge in [-0.15, -0.1) is 0 Å². The lowest BCUT2D eigenvalue weighted by Gasteiger charge is -2.12. The summed E-state index contributed by atoms with van der Waals surface area (Å²) < 4.78 is 15.0. The Labute approximate surface area is 162 Å². The number of benzene rings is 2. The lowest BCUT2D eigenvalue weighted by Crippen LogP contribution is -2.05. The van der Waals surface area contributed by atoms with Crippen LogP contribution in [0.2, 0.25) is 0 Å². The monoisotopic (exact) mass is 379 g/mol. The number of aromatic nitrogens is 3. The van der Waals surface area contributed by atoms with Gasteiger partial charge in [0.05, 0.1) is 30.1 Å². The number of hydrogen-bond donors (Lipinski definition) is 0. The molecule has 0 fully saturated rings. The van der Waals surface area contributed by atoms with Crippen molar-refractivity contribution in [2.75, 3.05) is 14.2 Å². The van der Waals surface area contributed by atoms with E-state index in [9.17, 15) is 0 Å². The molecule has 2 aromatic rings. The molecule has 0 unspecified atom stereocenters. The second-order valence-corrected chi connectivity index (χ2v) is 7.40. The van der Waals surface area contributed by atoms with Crippen LogP contribution in [0, 0.1) is 0 Å². The normalized spacial score (nSPS) is 10.9. The van der Waals surface area contributed by atoms with Crippen LogP contribution >= 0.6 is 11.5 Å². The van der Waals surface area contributed by atoms with Gasteiger partial charge in [-0.2, -0.15) is 0 Å². The maximum Gasteiger partial charge on any atom is 0.152 e. The highest BCUT2D eigenvalue weighted by molar-refractivity contribution is 7.10. The van der Waals surface area contributed by atoms with Crippen LogP contribution in [0.25, 0.3) is 21.7 Å². The number of aryl methyl sites for hydroxylation is 1. The SMILES string of the molecule is COc1ccc(Cn2cccc3sn(C)c4ccc(OC)cc4nc2-3)cc1. The van der Waals surface area contributed by atoms with E-state index in [4.69, 9.17) is 14.5 Å². The molecule has 2 aliphatic heterocycles. The third kappa shape index (κ3) is 3.48. The summed E-state index contributed by atoms with van der Waals surface area (Å²) in [5.41, 5.74) is 3.16. The molecule has 138 valence electrons. The van der Waals surface area contributed by atoms with Crippen LogP contribution in [-0.4, -0.2) is 27.7 Å². The Morgan fingerprint density at radius 2 is 1.70 bits per heavy atom. The number of methoxy groups -OCH3 is 2. The van der Waals surface area contributed by atoms with Gasteiger partial charge in [-0.25, -0.2) is 4.98 Å². The third-order valence-electron chi connectivity index (χ3n) is 4.50. The van der Waals surface area contributed by atoms with Gasteiger partial charge in [0.1, 0.15) is 11.5 Å². The van der Waals surface area contributed by atoms with Crippen LogP contribution in [0.15, 0.2) is 60.8 Å². The molecule has 2 heterocycles. The lowest BCUT2D eigenvalue weighted by atomic mass is 10.2. The summed E-state index contributed by atoms with van der Waals surface area (Å²) in [4.78, 5) is 6.10. The minimum Gasteiger partial charge on any atom is -0.497 e. The Morgan fingerprint density at radius 1 is 0.963 bits per heavy atom. The number of ether oxygens (including phenoxy) is 2. The molecule has 27 heavy (non-hydrogen) atoms. The van der Waals surface area contributed by atoms with Crippen molar-refractivity contribution < 1.29 is 9.47 Å². The van der Waals surface area contributed by atoms with Crippen LogP contribution in [0.3, 0.4) is 0 Å². The van der Waals surface area contributed by atoms with Crippen LogP contribution in [0.4, 0.5) is 0 Å². The van der Waals surface area contributed by atoms with E-state index in [1.807, 2.05) is 30.3 Å². The molecule has 0 spiro atoms. The molecule has 0 atom stereocenters. The first-order chi connectivity index (χ1) is 13.2. The van der Waals surface area contributed by atoms with E-state index in [-0.39, 0.29) is 0 Å². The summed E-state index contributed by atoms with van der Waals surface area (Å²) in [6, 6.07) is 18.3. The fourth-order valence-corrected chi connectivity index (χ4v) is 4.00. The zero-order valence-electron chi connectivity index (χ0n) is 15.5. The van der Waals surface area contributed by atoms with Gasteiger partial charge in [0.2, 0.25) is 0 Å². The highest BCUT2D eigenvalue weighted by Gasteiger charge is 2.11. The second-order valence-electron chi connectivity index (χ2n) is 6.23. The average molecular weight is 379 g/mol. The van der Waals surface area contributed by atoms with Crippen LogP contribution < -0.4 is 9.47 Å². The van der Waals surface area contributed by atoms with Gasteiger partial charge in [-0.3, -0.25) is 3.96 Å². The Bertz CT molecular complexity index is 1090. The molecule has 0 saturated heterocycles. The lowest BCUT2D eigenvalue weighted by molar-refractivity contribution is 0.414. The molecule has 0 N–H and O–H groups in total. The molecule has 0 aliphatic carbocycles. The number of fused-ring (bicyclic) bond motifs is 2. The highest BCUT2D eigenvalue weighted by atomic mass is 32.1. The van der Waals surface area contributed by atoms with Crippen molar-refractivity contribution in [1.82, 2.24) is 13.5 Å². The number of nitrogens with zero attached hydrogens (tertiary/aromatic N) is 3. The molecular weight excluding hydrogens is 358 g/mol. The fourth-order valence-electron chi connectivity index (χ4n) is 3.06. The smallest absolute Gasteiger partial charge is 0.152 e. The Hall–Kier alpha value is -2.99. The summed E-state index contributed by atoms with van der Waals surface area (Å²) in [6.07, 6.45) is 2.07. The van der Waals surface area contributed by atoms with E-state index in [0.29, 0.717) is 0 Å². The summed E-state index contributed by atoms with van der Waals surface area (Å²) in [7, 11) is 5.41. The van der Waals surface area contributed by atoms with E-state index in [1.165, 1.54) is 5.56 Å². The minimum atomic E-state index is 0.736. The molecule has 0 saturated carbocycles. The van der Waals surface area contributed by atoms with Gasteiger partial charge in [-0.1, -0.05) is 23.7 Å². The van der Waals surface area contributed by atoms with Crippen molar-refractivity contribution in [3.63, 3.8) is 0 Å². The molecule has 4 rings (SSSR count). The topological polar surface area (TPSA) is 41.2 Å². The third-order valence-corrected chi connectivity index (χ3v) is 5.49. The van der Waals surface area contributed by atoms with Gasteiger partial charge in [-0.05, 0) is 42.0 Å². The molecule has 0 aromatic heterocycles. The molecule has 2 aliphatic rings. The molecule has 0 radical (unpaired) electrons. The van der Waals surface area contributed by atoms with Gasteiger partial charge in [0, 0.05) is 25.9 Å². The quantitative estimate of drug-likeness (QED) is 0.515. The van der Waals surface area contributed by atoms with E-state index < -0.39 is 0 Å². The molecule has 2 aromatic carbocycles. The van der Waals surface area contributed by atoms with Gasteiger partial charge >= 0.3 is 0 Å². The number of pyridine rings is 1. The zero-order valence-corrected chi connectivity index (χ0v) is 16.4. The first-order valence-corrected chi connectivity index (χ1v) is 9.42. The Morgan fingerprint density at radius 3 is 2.44 bits per heavy atom. The van der Waals surface area contributed by atoms with E-state index in [0.717, 1.165) is 39.8 Å². The predicted molar refractivity (Wildman–Crippen MR) is 109 cm³/mol. The van der Waals surface area contributed by atoms with Crippen LogP contribution in [0.5, 0.6) is 11.5 Å². The van der Waals surface area contributed by atoms with Crippen molar-refractivity contribution in [3.8, 4) is 22.2 Å². The fraction of sp³-hybridized carbons (Fsp3) is 0.190. The van der Waals surface area contributed by atoms with Gasteiger partial charge in [0.25, 0.3) is 0 Å². The van der Waals surface area contributed by atoms with Crippen molar-refractivity contribution in [3.05, 3.63) is 66.4 Å². The van der Waals surface area contributed by atoms with Crippen molar-refractivity contribution in [1.29, 1.82) is 0 Å². The molecule has 0 bridgehead atoms. The molecule has 5 nitrogen and oxygen atoms in total. The summed E-state index contributed by atoms with van der Waals surface area (Å²) in [6.45, 7) is 0.736. The molecule has 6 heteroatoms. The van der Waals surface area contributed by atoms with Crippen LogP contribution in [0.1, 0.15) is 5.56 Å². The van der Waals surface area contributed by atoms with Crippen molar-refractivity contribution in [2.45, 2.75) is 6.54 Å². The molecule has 0 amide bonds. The van der Waals surface area contributed by atoms with E-state index >= 15 is 0 Å². The van der Waals surface area contributed by atoms with E-state index in [1.54, 1.807) is 25.8 Å². The highest BCUT2D eigenvalue weighted by Crippen LogP contribution is 2.28. The minimum absolute atomic E-state index is 0.736. The summed E-state index contributed by atoms with van der Waals surface area (Å²) in [5, 5.41) is 0. The maximum absolute atomic E-state index is 5.39. The first kappa shape index (κ1) is 17.4. The van der Waals surface area contributed by atoms with Gasteiger partial charge in [0.15, 0.2) is 5.82 Å². The largest absolute Gasteiger partial charge is 0.497 e. The first-order valence-electron chi connectivity index (χ1n) is 8.65. The predicted octanol–water partition coefficient (Wildman–Crippen LogP) is 4.73. The molecular formula is C21H21N3O2S. The van der Waals surface area contributed by atoms with Crippen molar-refractivity contribution in [2.24, 2.45) is 7.05 Å².